The molecule has 2 atom stereocenters. The topological polar surface area (TPSA) is 21.7 Å². The Morgan fingerprint density at radius 1 is 1.12 bits per heavy atom. The van der Waals surface area contributed by atoms with Gasteiger partial charge in [-0.25, -0.2) is 0 Å². The first-order valence-corrected chi connectivity index (χ1v) is 6.95. The molecule has 1 saturated carbocycles. The molecule has 1 heterocycles. The van der Waals surface area contributed by atoms with Crippen LogP contribution < -0.4 is 0 Å². The van der Waals surface area contributed by atoms with Gasteiger partial charge in [-0.3, -0.25) is 4.90 Å². The van der Waals surface area contributed by atoms with E-state index in [0.29, 0.717) is 12.2 Å². The van der Waals surface area contributed by atoms with Crippen molar-refractivity contribution in [3.63, 3.8) is 0 Å². The summed E-state index contributed by atoms with van der Waals surface area (Å²) in [6, 6.07) is 0.741. The minimum absolute atomic E-state index is 0.422. The first-order valence-electron chi connectivity index (χ1n) is 6.95. The summed E-state index contributed by atoms with van der Waals surface area (Å²) in [5.41, 5.74) is 0. The van der Waals surface area contributed by atoms with Crippen molar-refractivity contribution >= 4 is 0 Å². The lowest BCUT2D eigenvalue weighted by molar-refractivity contribution is -0.0807. The molecule has 0 aromatic rings. The van der Waals surface area contributed by atoms with Gasteiger partial charge in [-0.15, -0.1) is 0 Å². The number of hydrogen-bond acceptors (Lipinski definition) is 3. The second-order valence-electron chi connectivity index (χ2n) is 5.95. The van der Waals surface area contributed by atoms with E-state index in [2.05, 4.69) is 18.7 Å². The van der Waals surface area contributed by atoms with Crippen molar-refractivity contribution < 1.29 is 9.47 Å². The Kier molecular flexibility index (Phi) is 4.45. The SMILES string of the molecule is CO[C@@H]1CN([C@H]2C[C@H](OC)C2)CC[C@@H]1C(C)C. The summed E-state index contributed by atoms with van der Waals surface area (Å²) < 4.78 is 11.1. The largest absolute Gasteiger partial charge is 0.381 e. The molecule has 1 saturated heterocycles. The first-order chi connectivity index (χ1) is 8.15. The highest BCUT2D eigenvalue weighted by Gasteiger charge is 2.39. The van der Waals surface area contributed by atoms with E-state index in [1.54, 1.807) is 0 Å². The molecule has 100 valence electrons. The molecule has 0 aromatic carbocycles. The third-order valence-electron chi connectivity index (χ3n) is 4.72. The Morgan fingerprint density at radius 2 is 1.82 bits per heavy atom. The molecule has 2 rings (SSSR count). The van der Waals surface area contributed by atoms with E-state index in [4.69, 9.17) is 9.47 Å². The van der Waals surface area contributed by atoms with E-state index in [-0.39, 0.29) is 0 Å². The predicted octanol–water partition coefficient (Wildman–Crippen LogP) is 2.16. The molecule has 0 bridgehead atoms. The van der Waals surface area contributed by atoms with E-state index in [0.717, 1.165) is 24.4 Å². The number of hydrogen-bond donors (Lipinski definition) is 0. The third-order valence-corrected chi connectivity index (χ3v) is 4.72. The number of likely N-dealkylation sites (tertiary alicyclic amines) is 1. The second-order valence-corrected chi connectivity index (χ2v) is 5.95. The lowest BCUT2D eigenvalue weighted by Crippen LogP contribution is -2.55. The van der Waals surface area contributed by atoms with Gasteiger partial charge in [-0.1, -0.05) is 13.8 Å². The van der Waals surface area contributed by atoms with Crippen molar-refractivity contribution in [1.29, 1.82) is 0 Å². The summed E-state index contributed by atoms with van der Waals surface area (Å²) in [5.74, 6) is 1.46. The van der Waals surface area contributed by atoms with Crippen molar-refractivity contribution in [2.45, 2.75) is 51.4 Å². The summed E-state index contributed by atoms with van der Waals surface area (Å²) in [6.45, 7) is 6.98. The summed E-state index contributed by atoms with van der Waals surface area (Å²) in [4.78, 5) is 2.61. The fourth-order valence-electron chi connectivity index (χ4n) is 3.33. The van der Waals surface area contributed by atoms with Gasteiger partial charge in [0.1, 0.15) is 0 Å². The van der Waals surface area contributed by atoms with E-state index >= 15 is 0 Å². The maximum Gasteiger partial charge on any atom is 0.0729 e. The monoisotopic (exact) mass is 241 g/mol. The van der Waals surface area contributed by atoms with Crippen LogP contribution in [0.2, 0.25) is 0 Å². The van der Waals surface area contributed by atoms with Crippen LogP contribution in [0.4, 0.5) is 0 Å². The Balaban J connectivity index is 1.84. The molecule has 0 unspecified atom stereocenters. The van der Waals surface area contributed by atoms with E-state index in [1.165, 1.54) is 25.8 Å². The molecular formula is C14H27NO2. The highest BCUT2D eigenvalue weighted by atomic mass is 16.5. The average molecular weight is 241 g/mol. The van der Waals surface area contributed by atoms with Crippen LogP contribution in [0, 0.1) is 11.8 Å². The molecule has 0 amide bonds. The zero-order valence-electron chi connectivity index (χ0n) is 11.7. The molecule has 1 aliphatic carbocycles. The maximum absolute atomic E-state index is 5.69. The van der Waals surface area contributed by atoms with Gasteiger partial charge in [0, 0.05) is 26.8 Å². The van der Waals surface area contributed by atoms with Gasteiger partial charge < -0.3 is 9.47 Å². The Bertz CT molecular complexity index is 238. The second kappa shape index (κ2) is 5.68. The van der Waals surface area contributed by atoms with Crippen LogP contribution in [0.15, 0.2) is 0 Å². The minimum Gasteiger partial charge on any atom is -0.381 e. The highest BCUT2D eigenvalue weighted by molar-refractivity contribution is 4.92. The van der Waals surface area contributed by atoms with Gasteiger partial charge in [0.2, 0.25) is 0 Å². The maximum atomic E-state index is 5.69. The van der Waals surface area contributed by atoms with Crippen molar-refractivity contribution in [3.05, 3.63) is 0 Å². The Morgan fingerprint density at radius 3 is 2.35 bits per heavy atom. The van der Waals surface area contributed by atoms with Crippen molar-refractivity contribution in [2.24, 2.45) is 11.8 Å². The van der Waals surface area contributed by atoms with Gasteiger partial charge in [-0.05, 0) is 37.6 Å². The molecule has 3 heteroatoms. The van der Waals surface area contributed by atoms with Gasteiger partial charge in [0.25, 0.3) is 0 Å². The average Bonchev–Trinajstić information content (AvgIpc) is 2.27. The van der Waals surface area contributed by atoms with E-state index in [9.17, 15) is 0 Å². The molecular weight excluding hydrogens is 214 g/mol. The number of ether oxygens (including phenoxy) is 2. The molecule has 2 fully saturated rings. The fraction of sp³-hybridized carbons (Fsp3) is 1.00. The van der Waals surface area contributed by atoms with E-state index in [1.807, 2.05) is 14.2 Å². The quantitative estimate of drug-likeness (QED) is 0.753. The van der Waals surface area contributed by atoms with Crippen LogP contribution >= 0.6 is 0 Å². The molecule has 0 aromatic heterocycles. The van der Waals surface area contributed by atoms with Gasteiger partial charge >= 0.3 is 0 Å². The lowest BCUT2D eigenvalue weighted by atomic mass is 9.81. The number of methoxy groups -OCH3 is 2. The standard InChI is InChI=1S/C14H27NO2/c1-10(2)13-5-6-15(9-14(13)17-4)11-7-12(8-11)16-3/h10-14H,5-9H2,1-4H3/t11-,12-,13-,14-/m1/s1. The smallest absolute Gasteiger partial charge is 0.0729 e. The number of nitrogens with zero attached hydrogens (tertiary/aromatic N) is 1. The molecule has 0 spiro atoms. The van der Waals surface area contributed by atoms with Crippen molar-refractivity contribution in [3.8, 4) is 0 Å². The van der Waals surface area contributed by atoms with Crippen LogP contribution in [0.5, 0.6) is 0 Å². The van der Waals surface area contributed by atoms with Crippen LogP contribution in [0.3, 0.4) is 0 Å². The molecule has 1 aliphatic heterocycles. The molecule has 0 radical (unpaired) electrons. The fourth-order valence-corrected chi connectivity index (χ4v) is 3.33. The number of rotatable bonds is 4. The first kappa shape index (κ1) is 13.3. The van der Waals surface area contributed by atoms with Crippen molar-refractivity contribution in [2.75, 3.05) is 27.3 Å². The predicted molar refractivity (Wildman–Crippen MR) is 69.1 cm³/mol. The summed E-state index contributed by atoms with van der Waals surface area (Å²) in [5, 5.41) is 0. The van der Waals surface area contributed by atoms with Crippen molar-refractivity contribution in [1.82, 2.24) is 4.90 Å². The van der Waals surface area contributed by atoms with Crippen LogP contribution in [0.1, 0.15) is 33.1 Å². The highest BCUT2D eigenvalue weighted by Crippen LogP contribution is 2.33. The summed E-state index contributed by atoms with van der Waals surface area (Å²) in [7, 11) is 3.69. The van der Waals surface area contributed by atoms with Gasteiger partial charge in [0.15, 0.2) is 0 Å². The third kappa shape index (κ3) is 2.83. The van der Waals surface area contributed by atoms with Crippen LogP contribution in [0.25, 0.3) is 0 Å². The summed E-state index contributed by atoms with van der Waals surface area (Å²) >= 11 is 0. The molecule has 2 aliphatic rings. The molecule has 0 N–H and O–H groups in total. The van der Waals surface area contributed by atoms with Gasteiger partial charge in [0.05, 0.1) is 12.2 Å². The lowest BCUT2D eigenvalue weighted by Gasteiger charge is -2.48. The Labute approximate surface area is 105 Å². The normalized spacial score (nSPS) is 39.4. The number of piperidine rings is 1. The zero-order chi connectivity index (χ0) is 12.4. The minimum atomic E-state index is 0.422. The molecule has 3 nitrogen and oxygen atoms in total. The van der Waals surface area contributed by atoms with Crippen LogP contribution in [-0.4, -0.2) is 50.5 Å². The summed E-state index contributed by atoms with van der Waals surface area (Å²) in [6.07, 6.45) is 4.62. The van der Waals surface area contributed by atoms with Crippen LogP contribution in [-0.2, 0) is 9.47 Å². The van der Waals surface area contributed by atoms with Gasteiger partial charge in [-0.2, -0.15) is 0 Å². The Hall–Kier alpha value is -0.120. The zero-order valence-corrected chi connectivity index (χ0v) is 11.7. The van der Waals surface area contributed by atoms with E-state index < -0.39 is 0 Å². The molecule has 17 heavy (non-hydrogen) atoms.